The average molecular weight is 580 g/mol. The minimum absolute atomic E-state index is 0.0300. The highest BCUT2D eigenvalue weighted by Crippen LogP contribution is 2.42. The molecule has 1 heterocycles. The molecule has 2 amide bonds. The van der Waals surface area contributed by atoms with Crippen molar-refractivity contribution in [1.82, 2.24) is 15.1 Å². The number of hydrogen-bond acceptors (Lipinski definition) is 7. The Labute approximate surface area is 237 Å². The van der Waals surface area contributed by atoms with E-state index in [0.29, 0.717) is 16.9 Å². The van der Waals surface area contributed by atoms with Crippen LogP contribution in [-0.4, -0.2) is 78.8 Å². The first-order chi connectivity index (χ1) is 19.3. The summed E-state index contributed by atoms with van der Waals surface area (Å²) >= 11 is 0. The summed E-state index contributed by atoms with van der Waals surface area (Å²) in [7, 11) is 4.28. The number of benzene rings is 2. The third-order valence-corrected chi connectivity index (χ3v) is 6.85. The summed E-state index contributed by atoms with van der Waals surface area (Å²) in [5.74, 6) is -1.55. The maximum absolute atomic E-state index is 14.8. The van der Waals surface area contributed by atoms with Crippen LogP contribution in [0, 0.1) is 5.92 Å². The molecular weight excluding hydrogens is 543 g/mol. The molecule has 2 aromatic rings. The molecule has 9 nitrogen and oxygen atoms in total. The first-order valence-electron chi connectivity index (χ1n) is 12.9. The van der Waals surface area contributed by atoms with Crippen molar-refractivity contribution in [2.24, 2.45) is 5.92 Å². The van der Waals surface area contributed by atoms with Crippen molar-refractivity contribution in [2.45, 2.75) is 51.2 Å². The van der Waals surface area contributed by atoms with Crippen molar-refractivity contribution < 1.29 is 42.1 Å². The minimum atomic E-state index is -5.36. The fourth-order valence-electron chi connectivity index (χ4n) is 5.04. The molecule has 1 aliphatic heterocycles. The van der Waals surface area contributed by atoms with E-state index >= 15 is 0 Å². The molecule has 224 valence electrons. The van der Waals surface area contributed by atoms with Gasteiger partial charge in [0.1, 0.15) is 12.8 Å². The van der Waals surface area contributed by atoms with Gasteiger partial charge in [-0.15, -0.1) is 0 Å². The molecule has 0 radical (unpaired) electrons. The Hall–Kier alpha value is -3.77. The second kappa shape index (κ2) is 12.8. The summed E-state index contributed by atoms with van der Waals surface area (Å²) < 4.78 is 60.5. The summed E-state index contributed by atoms with van der Waals surface area (Å²) in [4.78, 5) is 29.0. The standard InChI is InChI=1S/C29H36F3N3O6/c1-18(2)26-27(37)35(22(16-34(26)17-39-4)21-12-13-23(40-5)24(15-21)41-6)25(14-20-10-8-7-9-11-20)28(38,29(30,31)32)33-19(3)36/h7-13,15-16,18,25-26,38H,14,17H2,1-6H3,(H,33,36). The van der Waals surface area contributed by atoms with Crippen LogP contribution in [0.4, 0.5) is 13.2 Å². The van der Waals surface area contributed by atoms with Gasteiger partial charge in [0, 0.05) is 25.8 Å². The predicted molar refractivity (Wildman–Crippen MR) is 145 cm³/mol. The van der Waals surface area contributed by atoms with Gasteiger partial charge in [-0.05, 0) is 36.1 Å². The Kier molecular flexibility index (Phi) is 9.93. The Balaban J connectivity index is 2.38. The van der Waals surface area contributed by atoms with E-state index in [2.05, 4.69) is 0 Å². The number of rotatable bonds is 11. The maximum Gasteiger partial charge on any atom is 0.438 e. The van der Waals surface area contributed by atoms with E-state index in [1.165, 1.54) is 33.6 Å². The van der Waals surface area contributed by atoms with Gasteiger partial charge < -0.3 is 29.5 Å². The highest BCUT2D eigenvalue weighted by Gasteiger charge is 2.63. The second-order valence-electron chi connectivity index (χ2n) is 10.1. The number of carbonyl (C=O) groups excluding carboxylic acids is 2. The van der Waals surface area contributed by atoms with E-state index in [1.807, 2.05) is 0 Å². The van der Waals surface area contributed by atoms with E-state index in [-0.39, 0.29) is 24.1 Å². The lowest BCUT2D eigenvalue weighted by Crippen LogP contribution is -2.72. The SMILES string of the molecule is COCN1C=C(c2ccc(OC)c(OC)c2)N(C(Cc2ccccc2)C(O)(NC(C)=O)C(F)(F)F)C(=O)C1C(C)C. The zero-order chi connectivity index (χ0) is 30.5. The van der Waals surface area contributed by atoms with Gasteiger partial charge in [-0.2, -0.15) is 13.2 Å². The molecule has 2 aromatic carbocycles. The van der Waals surface area contributed by atoms with Crippen LogP contribution in [0.5, 0.6) is 11.5 Å². The first kappa shape index (κ1) is 31.8. The Morgan fingerprint density at radius 3 is 2.20 bits per heavy atom. The number of ether oxygens (including phenoxy) is 3. The number of methoxy groups -OCH3 is 3. The molecule has 12 heteroatoms. The number of aliphatic hydroxyl groups is 1. The topological polar surface area (TPSA) is 101 Å². The number of carbonyl (C=O) groups is 2. The molecule has 3 rings (SSSR count). The van der Waals surface area contributed by atoms with Crippen molar-refractivity contribution in [3.05, 3.63) is 65.9 Å². The number of alkyl halides is 3. The zero-order valence-electron chi connectivity index (χ0n) is 23.9. The van der Waals surface area contributed by atoms with E-state index < -0.39 is 42.2 Å². The molecule has 0 aliphatic carbocycles. The van der Waals surface area contributed by atoms with Gasteiger partial charge in [-0.1, -0.05) is 44.2 Å². The normalized spacial score (nSPS) is 18.1. The van der Waals surface area contributed by atoms with Gasteiger partial charge in [-0.25, -0.2) is 0 Å². The highest BCUT2D eigenvalue weighted by molar-refractivity contribution is 5.94. The quantitative estimate of drug-likeness (QED) is 0.391. The van der Waals surface area contributed by atoms with Gasteiger partial charge in [0.25, 0.3) is 11.6 Å². The minimum Gasteiger partial charge on any atom is -0.493 e. The van der Waals surface area contributed by atoms with E-state index in [9.17, 15) is 27.9 Å². The molecule has 0 spiro atoms. The van der Waals surface area contributed by atoms with E-state index in [0.717, 1.165) is 11.8 Å². The number of hydrogen-bond donors (Lipinski definition) is 2. The molecule has 2 N–H and O–H groups in total. The van der Waals surface area contributed by atoms with E-state index in [1.54, 1.807) is 66.5 Å². The fourth-order valence-corrected chi connectivity index (χ4v) is 5.04. The second-order valence-corrected chi connectivity index (χ2v) is 10.1. The molecule has 1 aliphatic rings. The summed E-state index contributed by atoms with van der Waals surface area (Å²) in [6.07, 6.45) is -4.28. The van der Waals surface area contributed by atoms with Gasteiger partial charge >= 0.3 is 6.18 Å². The maximum atomic E-state index is 14.8. The first-order valence-corrected chi connectivity index (χ1v) is 12.9. The molecule has 3 unspecified atom stereocenters. The third kappa shape index (κ3) is 6.59. The predicted octanol–water partition coefficient (Wildman–Crippen LogP) is 3.77. The van der Waals surface area contributed by atoms with Crippen LogP contribution in [0.3, 0.4) is 0 Å². The Morgan fingerprint density at radius 2 is 1.68 bits per heavy atom. The molecule has 0 saturated heterocycles. The van der Waals surface area contributed by atoms with Crippen LogP contribution in [0.1, 0.15) is 31.9 Å². The molecule has 0 saturated carbocycles. The van der Waals surface area contributed by atoms with Gasteiger partial charge in [-0.3, -0.25) is 14.5 Å². The van der Waals surface area contributed by atoms with Crippen molar-refractivity contribution in [3.8, 4) is 11.5 Å². The van der Waals surface area contributed by atoms with Gasteiger partial charge in [0.15, 0.2) is 11.5 Å². The summed E-state index contributed by atoms with van der Waals surface area (Å²) in [5.41, 5.74) is -3.06. The number of nitrogens with one attached hydrogen (secondary N) is 1. The molecule has 0 aromatic heterocycles. The van der Waals surface area contributed by atoms with Crippen LogP contribution in [-0.2, 0) is 20.7 Å². The van der Waals surface area contributed by atoms with Crippen molar-refractivity contribution in [1.29, 1.82) is 0 Å². The molecular formula is C29H36F3N3O6. The lowest BCUT2D eigenvalue weighted by molar-refractivity contribution is -0.287. The molecule has 0 bridgehead atoms. The summed E-state index contributed by atoms with van der Waals surface area (Å²) in [5, 5.41) is 13.1. The van der Waals surface area contributed by atoms with E-state index in [4.69, 9.17) is 14.2 Å². The number of amides is 2. The van der Waals surface area contributed by atoms with Crippen LogP contribution in [0.2, 0.25) is 0 Å². The van der Waals surface area contributed by atoms with Gasteiger partial charge in [0.2, 0.25) is 5.91 Å². The van der Waals surface area contributed by atoms with Crippen LogP contribution < -0.4 is 14.8 Å². The zero-order valence-corrected chi connectivity index (χ0v) is 23.9. The Bertz CT molecular complexity index is 1250. The lowest BCUT2D eigenvalue weighted by atomic mass is 9.89. The molecule has 3 atom stereocenters. The number of halogens is 3. The largest absolute Gasteiger partial charge is 0.493 e. The fraction of sp³-hybridized carbons (Fsp3) is 0.448. The smallest absolute Gasteiger partial charge is 0.438 e. The Morgan fingerprint density at radius 1 is 1.05 bits per heavy atom. The van der Waals surface area contributed by atoms with Crippen molar-refractivity contribution >= 4 is 17.5 Å². The number of nitrogens with zero attached hydrogens (tertiary/aromatic N) is 2. The van der Waals surface area contributed by atoms with Crippen LogP contribution >= 0.6 is 0 Å². The van der Waals surface area contributed by atoms with Crippen molar-refractivity contribution in [2.75, 3.05) is 28.1 Å². The lowest BCUT2D eigenvalue weighted by Gasteiger charge is -2.49. The molecule has 0 fully saturated rings. The highest BCUT2D eigenvalue weighted by atomic mass is 19.4. The molecule has 41 heavy (non-hydrogen) atoms. The monoisotopic (exact) mass is 579 g/mol. The van der Waals surface area contributed by atoms with Crippen LogP contribution in [0.15, 0.2) is 54.7 Å². The van der Waals surface area contributed by atoms with Crippen LogP contribution in [0.25, 0.3) is 5.70 Å². The summed E-state index contributed by atoms with van der Waals surface area (Å²) in [6, 6.07) is 9.85. The third-order valence-electron chi connectivity index (χ3n) is 6.85. The van der Waals surface area contributed by atoms with Crippen molar-refractivity contribution in [3.63, 3.8) is 0 Å². The van der Waals surface area contributed by atoms with Gasteiger partial charge in [0.05, 0.1) is 26.0 Å². The summed E-state index contributed by atoms with van der Waals surface area (Å²) in [6.45, 7) is 4.36. The average Bonchev–Trinajstić information content (AvgIpc) is 2.91.